The Labute approximate surface area is 89.7 Å². The molecule has 1 rings (SSSR count). The van der Waals surface area contributed by atoms with Crippen LogP contribution in [0, 0.1) is 0 Å². The molecule has 0 unspecified atom stereocenters. The highest BCUT2D eigenvalue weighted by molar-refractivity contribution is 6.36. The number of hydrogen-bond acceptors (Lipinski definition) is 3. The molecule has 0 amide bonds. The van der Waals surface area contributed by atoms with Crippen molar-refractivity contribution in [2.45, 2.75) is 26.4 Å². The first-order chi connectivity index (χ1) is 7.03. The summed E-state index contributed by atoms with van der Waals surface area (Å²) in [6.45, 7) is 5.64. The summed E-state index contributed by atoms with van der Waals surface area (Å²) in [5.41, 5.74) is 0.686. The second kappa shape index (κ2) is 4.73. The molecule has 0 aromatic heterocycles. The molecule has 3 heteroatoms. The number of carbonyl (C=O) groups excluding carboxylic acids is 1. The molecule has 0 aliphatic carbocycles. The van der Waals surface area contributed by atoms with Gasteiger partial charge in [0.1, 0.15) is 11.3 Å². The van der Waals surface area contributed by atoms with Gasteiger partial charge in [-0.15, -0.1) is 0 Å². The fraction of sp³-hybridized carbons (Fsp3) is 0.333. The average Bonchev–Trinajstić information content (AvgIpc) is 2.19. The Morgan fingerprint density at radius 3 is 2.33 bits per heavy atom. The highest BCUT2D eigenvalue weighted by Gasteiger charge is 2.11. The van der Waals surface area contributed by atoms with E-state index in [2.05, 4.69) is 5.16 Å². The Morgan fingerprint density at radius 1 is 1.27 bits per heavy atom. The lowest BCUT2D eigenvalue weighted by Crippen LogP contribution is -2.17. The summed E-state index contributed by atoms with van der Waals surface area (Å²) in [6, 6.07) is 9.23. The minimum Gasteiger partial charge on any atom is -0.389 e. The number of rotatable bonds is 3. The molecule has 0 fully saturated rings. The lowest BCUT2D eigenvalue weighted by atomic mass is 10.1. The van der Waals surface area contributed by atoms with Gasteiger partial charge in [0.2, 0.25) is 0 Å². The van der Waals surface area contributed by atoms with Crippen molar-refractivity contribution in [1.29, 1.82) is 0 Å². The Kier molecular flexibility index (Phi) is 3.61. The number of hydrogen-bond donors (Lipinski definition) is 0. The number of benzene rings is 1. The second-order valence-corrected chi connectivity index (χ2v) is 4.16. The molecule has 1 aromatic carbocycles. The van der Waals surface area contributed by atoms with Crippen LogP contribution >= 0.6 is 0 Å². The van der Waals surface area contributed by atoms with Crippen molar-refractivity contribution in [2.24, 2.45) is 5.16 Å². The Hall–Kier alpha value is -1.64. The Morgan fingerprint density at radius 2 is 1.87 bits per heavy atom. The summed E-state index contributed by atoms with van der Waals surface area (Å²) < 4.78 is 0. The zero-order valence-corrected chi connectivity index (χ0v) is 9.23. The zero-order valence-electron chi connectivity index (χ0n) is 9.23. The van der Waals surface area contributed by atoms with Crippen LogP contribution in [0.25, 0.3) is 0 Å². The predicted octanol–water partition coefficient (Wildman–Crippen LogP) is 2.40. The van der Waals surface area contributed by atoms with E-state index < -0.39 is 0 Å². The van der Waals surface area contributed by atoms with Crippen LogP contribution in [0.3, 0.4) is 0 Å². The SMILES string of the molecule is CC(C)(C)ON=C(C=O)c1ccccc1. The van der Waals surface area contributed by atoms with Crippen molar-refractivity contribution >= 4 is 12.0 Å². The highest BCUT2D eigenvalue weighted by atomic mass is 16.6. The maximum atomic E-state index is 10.8. The van der Waals surface area contributed by atoms with Crippen molar-refractivity contribution in [3.63, 3.8) is 0 Å². The van der Waals surface area contributed by atoms with Gasteiger partial charge in [0.05, 0.1) is 0 Å². The molecule has 0 saturated heterocycles. The van der Waals surface area contributed by atoms with Crippen LogP contribution < -0.4 is 0 Å². The molecule has 3 nitrogen and oxygen atoms in total. The van der Waals surface area contributed by atoms with Crippen LogP contribution in [-0.4, -0.2) is 17.6 Å². The van der Waals surface area contributed by atoms with E-state index in [1.165, 1.54) is 0 Å². The van der Waals surface area contributed by atoms with Gasteiger partial charge < -0.3 is 4.84 Å². The topological polar surface area (TPSA) is 38.7 Å². The van der Waals surface area contributed by atoms with Crippen LogP contribution in [0.4, 0.5) is 0 Å². The molecule has 0 N–H and O–H groups in total. The summed E-state index contributed by atoms with van der Waals surface area (Å²) in [6.07, 6.45) is 0.696. The van der Waals surface area contributed by atoms with Gasteiger partial charge in [-0.1, -0.05) is 35.5 Å². The maximum absolute atomic E-state index is 10.8. The van der Waals surface area contributed by atoms with E-state index in [0.29, 0.717) is 12.0 Å². The first-order valence-corrected chi connectivity index (χ1v) is 4.80. The molecule has 0 atom stereocenters. The van der Waals surface area contributed by atoms with E-state index >= 15 is 0 Å². The monoisotopic (exact) mass is 205 g/mol. The third kappa shape index (κ3) is 3.94. The summed E-state index contributed by atoms with van der Waals surface area (Å²) >= 11 is 0. The largest absolute Gasteiger partial charge is 0.389 e. The molecular formula is C12H15NO2. The molecule has 15 heavy (non-hydrogen) atoms. The van der Waals surface area contributed by atoms with E-state index in [9.17, 15) is 4.79 Å². The van der Waals surface area contributed by atoms with Crippen molar-refractivity contribution in [3.05, 3.63) is 35.9 Å². The number of oxime groups is 1. The smallest absolute Gasteiger partial charge is 0.172 e. The molecule has 0 aliphatic rings. The van der Waals surface area contributed by atoms with Crippen LogP contribution in [0.15, 0.2) is 35.5 Å². The van der Waals surface area contributed by atoms with E-state index in [4.69, 9.17) is 4.84 Å². The fourth-order valence-electron chi connectivity index (χ4n) is 0.937. The quantitative estimate of drug-likeness (QED) is 0.432. The first-order valence-electron chi connectivity index (χ1n) is 4.80. The minimum absolute atomic E-state index is 0.311. The standard InChI is InChI=1S/C12H15NO2/c1-12(2,3)15-13-11(9-14)10-7-5-4-6-8-10/h4-9H,1-3H3. The average molecular weight is 205 g/mol. The normalized spacial score (nSPS) is 12.3. The second-order valence-electron chi connectivity index (χ2n) is 4.16. The summed E-state index contributed by atoms with van der Waals surface area (Å²) in [5, 5.41) is 3.83. The summed E-state index contributed by atoms with van der Waals surface area (Å²) in [5.74, 6) is 0. The minimum atomic E-state index is -0.386. The Balaban J connectivity index is 2.86. The Bertz CT molecular complexity index is 350. The molecule has 0 spiro atoms. The van der Waals surface area contributed by atoms with Gasteiger partial charge in [-0.2, -0.15) is 0 Å². The highest BCUT2D eigenvalue weighted by Crippen LogP contribution is 2.08. The van der Waals surface area contributed by atoms with E-state index in [1.54, 1.807) is 0 Å². The summed E-state index contributed by atoms with van der Waals surface area (Å²) in [7, 11) is 0. The van der Waals surface area contributed by atoms with Crippen molar-refractivity contribution in [1.82, 2.24) is 0 Å². The van der Waals surface area contributed by atoms with Gasteiger partial charge >= 0.3 is 0 Å². The lowest BCUT2D eigenvalue weighted by Gasteiger charge is -2.15. The van der Waals surface area contributed by atoms with E-state index in [0.717, 1.165) is 5.56 Å². The van der Waals surface area contributed by atoms with Crippen molar-refractivity contribution in [3.8, 4) is 0 Å². The van der Waals surface area contributed by atoms with Gasteiger partial charge in [-0.3, -0.25) is 4.79 Å². The third-order valence-corrected chi connectivity index (χ3v) is 1.60. The number of nitrogens with zero attached hydrogens (tertiary/aromatic N) is 1. The van der Waals surface area contributed by atoms with Gasteiger partial charge in [0.25, 0.3) is 0 Å². The predicted molar refractivity (Wildman–Crippen MR) is 59.9 cm³/mol. The molecule has 1 aromatic rings. The maximum Gasteiger partial charge on any atom is 0.172 e. The first kappa shape index (κ1) is 11.4. The van der Waals surface area contributed by atoms with Crippen molar-refractivity contribution < 1.29 is 9.63 Å². The molecule has 0 bridgehead atoms. The molecule has 0 aliphatic heterocycles. The number of carbonyl (C=O) groups is 1. The van der Waals surface area contributed by atoms with Crippen LogP contribution in [0.5, 0.6) is 0 Å². The molecule has 0 saturated carbocycles. The molecular weight excluding hydrogens is 190 g/mol. The van der Waals surface area contributed by atoms with Gasteiger partial charge in [-0.05, 0) is 20.8 Å². The van der Waals surface area contributed by atoms with Gasteiger partial charge in [0, 0.05) is 5.56 Å². The van der Waals surface area contributed by atoms with Crippen molar-refractivity contribution in [2.75, 3.05) is 0 Å². The fourth-order valence-corrected chi connectivity index (χ4v) is 0.937. The van der Waals surface area contributed by atoms with Crippen LogP contribution in [0.1, 0.15) is 26.3 Å². The van der Waals surface area contributed by atoms with Gasteiger partial charge in [-0.25, -0.2) is 0 Å². The van der Waals surface area contributed by atoms with Gasteiger partial charge in [0.15, 0.2) is 6.29 Å². The lowest BCUT2D eigenvalue weighted by molar-refractivity contribution is -0.103. The van der Waals surface area contributed by atoms with Crippen LogP contribution in [-0.2, 0) is 9.63 Å². The van der Waals surface area contributed by atoms with E-state index in [1.807, 2.05) is 51.1 Å². The zero-order chi connectivity index (χ0) is 11.3. The molecule has 0 heterocycles. The van der Waals surface area contributed by atoms with Crippen LogP contribution in [0.2, 0.25) is 0 Å². The molecule has 0 radical (unpaired) electrons. The van der Waals surface area contributed by atoms with E-state index in [-0.39, 0.29) is 5.60 Å². The number of aldehydes is 1. The molecule has 80 valence electrons. The third-order valence-electron chi connectivity index (χ3n) is 1.60. The summed E-state index contributed by atoms with van der Waals surface area (Å²) in [4.78, 5) is 16.0.